The van der Waals surface area contributed by atoms with Crippen molar-refractivity contribution in [2.45, 2.75) is 25.7 Å². The van der Waals surface area contributed by atoms with E-state index >= 15 is 0 Å². The fraction of sp³-hybridized carbons (Fsp3) is 0.867. The number of aliphatic hydroxyl groups excluding tert-OH is 1. The van der Waals surface area contributed by atoms with E-state index in [0.717, 1.165) is 71.2 Å². The van der Waals surface area contributed by atoms with E-state index in [1.54, 1.807) is 0 Å². The van der Waals surface area contributed by atoms with Gasteiger partial charge in [0.2, 0.25) is 0 Å². The predicted molar refractivity (Wildman–Crippen MR) is 84.5 cm³/mol. The third kappa shape index (κ3) is 13.9. The molecule has 0 aromatic heterocycles. The molecule has 0 amide bonds. The summed E-state index contributed by atoms with van der Waals surface area (Å²) in [6, 6.07) is 0. The van der Waals surface area contributed by atoms with E-state index in [1.165, 1.54) is 0 Å². The highest BCUT2D eigenvalue weighted by Crippen LogP contribution is 1.93. The van der Waals surface area contributed by atoms with E-state index < -0.39 is 0 Å². The fourth-order valence-corrected chi connectivity index (χ4v) is 2.09. The molecule has 0 aromatic carbocycles. The van der Waals surface area contributed by atoms with Crippen LogP contribution in [-0.4, -0.2) is 86.9 Å². The van der Waals surface area contributed by atoms with Crippen molar-refractivity contribution in [3.05, 3.63) is 0 Å². The third-order valence-electron chi connectivity index (χ3n) is 3.32. The highest BCUT2D eigenvalue weighted by Gasteiger charge is 2.03. The molecule has 0 fully saturated rings. The molecule has 0 aliphatic rings. The molecule has 0 bridgehead atoms. The summed E-state index contributed by atoms with van der Waals surface area (Å²) in [5, 5.41) is 12.2. The Morgan fingerprint density at radius 1 is 0.905 bits per heavy atom. The lowest BCUT2D eigenvalue weighted by Crippen LogP contribution is -2.35. The van der Waals surface area contributed by atoms with Crippen LogP contribution in [0, 0.1) is 0 Å². The molecule has 21 heavy (non-hydrogen) atoms. The van der Waals surface area contributed by atoms with Crippen molar-refractivity contribution >= 4 is 12.6 Å². The van der Waals surface area contributed by atoms with Gasteiger partial charge in [-0.05, 0) is 33.0 Å². The molecule has 0 spiro atoms. The molecular formula is C15H31N3O3. The molecule has 0 aromatic rings. The Bertz CT molecular complexity index is 252. The summed E-state index contributed by atoms with van der Waals surface area (Å²) in [5.74, 6) is 0. The van der Waals surface area contributed by atoms with Gasteiger partial charge in [0.1, 0.15) is 12.6 Å². The smallest absolute Gasteiger partial charge is 0.121 e. The van der Waals surface area contributed by atoms with Gasteiger partial charge in [-0.3, -0.25) is 0 Å². The van der Waals surface area contributed by atoms with Crippen molar-refractivity contribution in [1.29, 1.82) is 0 Å². The normalized spacial score (nSPS) is 11.2. The van der Waals surface area contributed by atoms with Crippen LogP contribution in [0.4, 0.5) is 0 Å². The fourth-order valence-electron chi connectivity index (χ4n) is 2.09. The average molecular weight is 301 g/mol. The van der Waals surface area contributed by atoms with Crippen LogP contribution >= 0.6 is 0 Å². The van der Waals surface area contributed by atoms with E-state index in [9.17, 15) is 9.59 Å². The molecule has 2 N–H and O–H groups in total. The minimum atomic E-state index is 0.193. The summed E-state index contributed by atoms with van der Waals surface area (Å²) in [4.78, 5) is 25.0. The van der Waals surface area contributed by atoms with Crippen LogP contribution in [0.25, 0.3) is 0 Å². The second-order valence-corrected chi connectivity index (χ2v) is 5.24. The van der Waals surface area contributed by atoms with E-state index in [1.807, 2.05) is 7.05 Å². The number of aliphatic hydroxyl groups is 1. The summed E-state index contributed by atoms with van der Waals surface area (Å²) >= 11 is 0. The summed E-state index contributed by atoms with van der Waals surface area (Å²) in [5.41, 5.74) is 0. The summed E-state index contributed by atoms with van der Waals surface area (Å²) in [6.45, 7) is 6.34. The second kappa shape index (κ2) is 15.6. The summed E-state index contributed by atoms with van der Waals surface area (Å²) in [7, 11) is 2.03. The Labute approximate surface area is 128 Å². The van der Waals surface area contributed by atoms with E-state index in [4.69, 9.17) is 5.11 Å². The summed E-state index contributed by atoms with van der Waals surface area (Å²) < 4.78 is 0. The standard InChI is InChI=1S/C15H31N3O3/c1-17(9-3-13-19)8-2-6-16-7-12-18(10-4-14-20)11-5-15-21/h13-14,16,21H,2-12,15H2,1H3. The number of nitrogens with zero attached hydrogens (tertiary/aromatic N) is 2. The first-order valence-corrected chi connectivity index (χ1v) is 7.84. The van der Waals surface area contributed by atoms with Crippen LogP contribution in [-0.2, 0) is 9.59 Å². The molecular weight excluding hydrogens is 270 g/mol. The first kappa shape index (κ1) is 20.2. The molecule has 0 aliphatic heterocycles. The minimum absolute atomic E-state index is 0.193. The van der Waals surface area contributed by atoms with Crippen LogP contribution in [0.15, 0.2) is 0 Å². The first-order chi connectivity index (χ1) is 10.2. The van der Waals surface area contributed by atoms with Gasteiger partial charge < -0.3 is 29.8 Å². The summed E-state index contributed by atoms with van der Waals surface area (Å²) in [6.07, 6.45) is 4.84. The van der Waals surface area contributed by atoms with Crippen molar-refractivity contribution in [3.63, 3.8) is 0 Å². The zero-order valence-corrected chi connectivity index (χ0v) is 13.3. The number of hydrogen-bond acceptors (Lipinski definition) is 6. The van der Waals surface area contributed by atoms with Gasteiger partial charge in [-0.25, -0.2) is 0 Å². The molecule has 0 radical (unpaired) electrons. The zero-order chi connectivity index (χ0) is 15.8. The van der Waals surface area contributed by atoms with Gasteiger partial charge in [-0.2, -0.15) is 0 Å². The number of carbonyl (C=O) groups is 2. The Kier molecular flexibility index (Phi) is 15.0. The highest BCUT2D eigenvalue weighted by atomic mass is 16.3. The quantitative estimate of drug-likeness (QED) is 0.303. The van der Waals surface area contributed by atoms with Gasteiger partial charge in [0.15, 0.2) is 0 Å². The van der Waals surface area contributed by atoms with Crippen LogP contribution in [0.2, 0.25) is 0 Å². The molecule has 0 saturated carbocycles. The van der Waals surface area contributed by atoms with E-state index in [-0.39, 0.29) is 6.61 Å². The van der Waals surface area contributed by atoms with Gasteiger partial charge in [-0.1, -0.05) is 0 Å². The Morgan fingerprint density at radius 3 is 2.29 bits per heavy atom. The lowest BCUT2D eigenvalue weighted by atomic mass is 10.3. The van der Waals surface area contributed by atoms with Gasteiger partial charge in [0.05, 0.1) is 0 Å². The Balaban J connectivity index is 3.55. The number of aldehydes is 2. The van der Waals surface area contributed by atoms with Gasteiger partial charge in [0, 0.05) is 52.2 Å². The minimum Gasteiger partial charge on any atom is -0.396 e. The molecule has 6 heteroatoms. The molecule has 0 saturated heterocycles. The van der Waals surface area contributed by atoms with E-state index in [0.29, 0.717) is 12.8 Å². The largest absolute Gasteiger partial charge is 0.396 e. The molecule has 0 heterocycles. The van der Waals surface area contributed by atoms with Crippen molar-refractivity contribution in [2.24, 2.45) is 0 Å². The number of nitrogens with one attached hydrogen (secondary N) is 1. The molecule has 0 unspecified atom stereocenters. The number of hydrogen-bond donors (Lipinski definition) is 2. The maximum absolute atomic E-state index is 10.4. The second-order valence-electron chi connectivity index (χ2n) is 5.24. The van der Waals surface area contributed by atoms with Crippen LogP contribution in [0.5, 0.6) is 0 Å². The SMILES string of the molecule is CN(CCC=O)CCCNCCN(CCC=O)CCCO. The van der Waals surface area contributed by atoms with E-state index in [2.05, 4.69) is 15.1 Å². The number of carbonyl (C=O) groups excluding carboxylic acids is 2. The Morgan fingerprint density at radius 2 is 1.62 bits per heavy atom. The lowest BCUT2D eigenvalue weighted by molar-refractivity contribution is -0.108. The molecule has 0 rings (SSSR count). The third-order valence-corrected chi connectivity index (χ3v) is 3.32. The zero-order valence-electron chi connectivity index (χ0n) is 13.3. The van der Waals surface area contributed by atoms with Gasteiger partial charge >= 0.3 is 0 Å². The van der Waals surface area contributed by atoms with Crippen molar-refractivity contribution < 1.29 is 14.7 Å². The monoisotopic (exact) mass is 301 g/mol. The maximum atomic E-state index is 10.4. The van der Waals surface area contributed by atoms with Gasteiger partial charge in [-0.15, -0.1) is 0 Å². The average Bonchev–Trinajstić information content (AvgIpc) is 2.50. The number of rotatable bonds is 16. The van der Waals surface area contributed by atoms with Crippen LogP contribution in [0.3, 0.4) is 0 Å². The maximum Gasteiger partial charge on any atom is 0.121 e. The van der Waals surface area contributed by atoms with Crippen molar-refractivity contribution in [3.8, 4) is 0 Å². The Hall–Kier alpha value is -0.820. The molecule has 124 valence electrons. The topological polar surface area (TPSA) is 72.9 Å². The molecule has 0 atom stereocenters. The van der Waals surface area contributed by atoms with Gasteiger partial charge in [0.25, 0.3) is 0 Å². The van der Waals surface area contributed by atoms with Crippen molar-refractivity contribution in [1.82, 2.24) is 15.1 Å². The van der Waals surface area contributed by atoms with Crippen LogP contribution in [0.1, 0.15) is 25.7 Å². The lowest BCUT2D eigenvalue weighted by Gasteiger charge is -2.21. The first-order valence-electron chi connectivity index (χ1n) is 7.84. The molecule has 6 nitrogen and oxygen atoms in total. The van der Waals surface area contributed by atoms with Crippen LogP contribution < -0.4 is 5.32 Å². The van der Waals surface area contributed by atoms with Crippen molar-refractivity contribution in [2.75, 3.05) is 59.5 Å². The highest BCUT2D eigenvalue weighted by molar-refractivity contribution is 5.49. The molecule has 0 aliphatic carbocycles. The predicted octanol–water partition coefficient (Wildman–Crippen LogP) is -0.240.